The molecule has 7 heteroatoms. The number of nitrogens with zero attached hydrogens (tertiary/aromatic N) is 5. The molecule has 2 aromatic heterocycles. The van der Waals surface area contributed by atoms with Crippen molar-refractivity contribution in [3.8, 4) is 0 Å². The number of rotatable bonds is 5. The molecule has 1 aromatic carbocycles. The van der Waals surface area contributed by atoms with E-state index in [2.05, 4.69) is 15.0 Å². The number of pyridine rings is 1. The Bertz CT molecular complexity index is 966. The van der Waals surface area contributed by atoms with Crippen molar-refractivity contribution in [3.63, 3.8) is 0 Å². The summed E-state index contributed by atoms with van der Waals surface area (Å²) in [5, 5.41) is 4.92. The van der Waals surface area contributed by atoms with E-state index in [0.717, 1.165) is 30.9 Å². The molecule has 0 atom stereocenters. The molecule has 1 aliphatic rings. The van der Waals surface area contributed by atoms with Crippen LogP contribution in [0.15, 0.2) is 54.7 Å². The molecule has 0 N–H and O–H groups in total. The van der Waals surface area contributed by atoms with Crippen LogP contribution in [0.4, 0.5) is 0 Å². The van der Waals surface area contributed by atoms with E-state index >= 15 is 0 Å². The summed E-state index contributed by atoms with van der Waals surface area (Å²) in [7, 11) is 0. The number of carbonyl (C=O) groups is 1. The Hall–Kier alpha value is -2.70. The largest absolute Gasteiger partial charge is 0.336 e. The first-order valence-corrected chi connectivity index (χ1v) is 10.2. The summed E-state index contributed by atoms with van der Waals surface area (Å²) in [6.45, 7) is 6.17. The minimum Gasteiger partial charge on any atom is -0.336 e. The third-order valence-corrected chi connectivity index (χ3v) is 5.61. The van der Waals surface area contributed by atoms with Crippen LogP contribution in [-0.2, 0) is 13.1 Å². The summed E-state index contributed by atoms with van der Waals surface area (Å²) in [5.74, 6) is -0.0377. The molecule has 1 aliphatic heterocycles. The summed E-state index contributed by atoms with van der Waals surface area (Å²) in [5.41, 5.74) is 3.33. The summed E-state index contributed by atoms with van der Waals surface area (Å²) in [4.78, 5) is 21.7. The van der Waals surface area contributed by atoms with Crippen molar-refractivity contribution in [2.24, 2.45) is 0 Å². The molecule has 3 heterocycles. The highest BCUT2D eigenvalue weighted by Gasteiger charge is 2.28. The number of hydrogen-bond donors (Lipinski definition) is 0. The number of benzene rings is 1. The maximum atomic E-state index is 13.1. The minimum atomic E-state index is -0.0377. The standard InChI is InChI=1S/C22H24ClN5O/c1-17-20(21(23)28(25-17)15-18-7-3-2-4-8-18)22(29)27-13-11-26(12-14-27)16-19-9-5-6-10-24-19/h2-10H,11-16H2,1H3. The van der Waals surface area contributed by atoms with Crippen LogP contribution >= 0.6 is 11.6 Å². The number of aryl methyl sites for hydroxylation is 1. The van der Waals surface area contributed by atoms with E-state index in [0.29, 0.717) is 36.0 Å². The molecular formula is C22H24ClN5O. The smallest absolute Gasteiger partial charge is 0.258 e. The molecule has 4 rings (SSSR count). The number of amides is 1. The maximum absolute atomic E-state index is 13.1. The van der Waals surface area contributed by atoms with Crippen LogP contribution in [-0.4, -0.2) is 56.7 Å². The van der Waals surface area contributed by atoms with E-state index < -0.39 is 0 Å². The number of aromatic nitrogens is 3. The fourth-order valence-electron chi connectivity index (χ4n) is 3.65. The van der Waals surface area contributed by atoms with Crippen molar-refractivity contribution >= 4 is 17.5 Å². The Labute approximate surface area is 175 Å². The second-order valence-corrected chi connectivity index (χ2v) is 7.64. The van der Waals surface area contributed by atoms with Gasteiger partial charge in [-0.05, 0) is 24.6 Å². The summed E-state index contributed by atoms with van der Waals surface area (Å²) in [6, 6.07) is 15.9. The summed E-state index contributed by atoms with van der Waals surface area (Å²) in [6.07, 6.45) is 1.81. The zero-order valence-electron chi connectivity index (χ0n) is 16.5. The van der Waals surface area contributed by atoms with Crippen LogP contribution in [0.1, 0.15) is 27.3 Å². The van der Waals surface area contributed by atoms with Crippen LogP contribution < -0.4 is 0 Å². The molecule has 29 heavy (non-hydrogen) atoms. The molecule has 0 radical (unpaired) electrons. The lowest BCUT2D eigenvalue weighted by atomic mass is 10.2. The molecule has 0 bridgehead atoms. The van der Waals surface area contributed by atoms with Crippen molar-refractivity contribution in [2.45, 2.75) is 20.0 Å². The molecule has 150 valence electrons. The molecule has 6 nitrogen and oxygen atoms in total. The molecule has 0 aliphatic carbocycles. The highest BCUT2D eigenvalue weighted by atomic mass is 35.5. The number of carbonyl (C=O) groups excluding carboxylic acids is 1. The van der Waals surface area contributed by atoms with E-state index in [1.54, 1.807) is 4.68 Å². The Balaban J connectivity index is 1.41. The van der Waals surface area contributed by atoms with Crippen molar-refractivity contribution in [2.75, 3.05) is 26.2 Å². The molecule has 1 amide bonds. The first kappa shape index (κ1) is 19.6. The third-order valence-electron chi connectivity index (χ3n) is 5.23. The minimum absolute atomic E-state index is 0.0377. The van der Waals surface area contributed by atoms with E-state index in [9.17, 15) is 4.79 Å². The van der Waals surface area contributed by atoms with Gasteiger partial charge in [0.05, 0.1) is 23.5 Å². The average Bonchev–Trinajstić information content (AvgIpc) is 3.02. The van der Waals surface area contributed by atoms with E-state index in [4.69, 9.17) is 11.6 Å². The van der Waals surface area contributed by atoms with Crippen molar-refractivity contribution < 1.29 is 4.79 Å². The zero-order chi connectivity index (χ0) is 20.2. The predicted octanol–water partition coefficient (Wildman–Crippen LogP) is 3.25. The van der Waals surface area contributed by atoms with Gasteiger partial charge in [-0.1, -0.05) is 48.0 Å². The van der Waals surface area contributed by atoms with Crippen molar-refractivity contribution in [1.29, 1.82) is 0 Å². The summed E-state index contributed by atoms with van der Waals surface area (Å²) >= 11 is 6.56. The molecule has 1 saturated heterocycles. The first-order valence-electron chi connectivity index (χ1n) is 9.80. The van der Waals surface area contributed by atoms with Gasteiger partial charge < -0.3 is 4.90 Å². The quantitative estimate of drug-likeness (QED) is 0.649. The molecule has 1 fully saturated rings. The van der Waals surface area contributed by atoms with E-state index in [1.807, 2.05) is 66.6 Å². The van der Waals surface area contributed by atoms with Gasteiger partial charge in [-0.25, -0.2) is 4.68 Å². The van der Waals surface area contributed by atoms with Gasteiger partial charge in [-0.2, -0.15) is 5.10 Å². The lowest BCUT2D eigenvalue weighted by Gasteiger charge is -2.34. The SMILES string of the molecule is Cc1nn(Cc2ccccc2)c(Cl)c1C(=O)N1CCN(Cc2ccccn2)CC1. The van der Waals surface area contributed by atoms with Gasteiger partial charge in [-0.3, -0.25) is 14.7 Å². The van der Waals surface area contributed by atoms with E-state index in [1.165, 1.54) is 0 Å². The Morgan fingerprint density at radius 3 is 2.41 bits per heavy atom. The lowest BCUT2D eigenvalue weighted by Crippen LogP contribution is -2.48. The maximum Gasteiger partial charge on any atom is 0.258 e. The van der Waals surface area contributed by atoms with Crippen molar-refractivity contribution in [3.05, 3.63) is 82.4 Å². The Morgan fingerprint density at radius 2 is 1.72 bits per heavy atom. The zero-order valence-corrected chi connectivity index (χ0v) is 17.2. The third kappa shape index (κ3) is 4.49. The Kier molecular flexibility index (Phi) is 5.92. The molecule has 0 saturated carbocycles. The summed E-state index contributed by atoms with van der Waals surface area (Å²) < 4.78 is 1.71. The van der Waals surface area contributed by atoms with Gasteiger partial charge in [-0.15, -0.1) is 0 Å². The second-order valence-electron chi connectivity index (χ2n) is 7.28. The highest BCUT2D eigenvalue weighted by molar-refractivity contribution is 6.33. The predicted molar refractivity (Wildman–Crippen MR) is 113 cm³/mol. The van der Waals surface area contributed by atoms with E-state index in [-0.39, 0.29) is 5.91 Å². The number of hydrogen-bond acceptors (Lipinski definition) is 4. The fourth-order valence-corrected chi connectivity index (χ4v) is 3.96. The monoisotopic (exact) mass is 409 g/mol. The number of piperazine rings is 1. The van der Waals surface area contributed by atoms with Crippen LogP contribution in [0.2, 0.25) is 5.15 Å². The molecule has 0 spiro atoms. The fraction of sp³-hybridized carbons (Fsp3) is 0.318. The Morgan fingerprint density at radius 1 is 1.00 bits per heavy atom. The van der Waals surface area contributed by atoms with Crippen LogP contribution in [0.25, 0.3) is 0 Å². The highest BCUT2D eigenvalue weighted by Crippen LogP contribution is 2.23. The van der Waals surface area contributed by atoms with Gasteiger partial charge in [0.1, 0.15) is 5.15 Å². The first-order chi connectivity index (χ1) is 14.1. The van der Waals surface area contributed by atoms with Crippen molar-refractivity contribution in [1.82, 2.24) is 24.6 Å². The average molecular weight is 410 g/mol. The van der Waals surface area contributed by atoms with Gasteiger partial charge in [0.25, 0.3) is 5.91 Å². The molecule has 3 aromatic rings. The van der Waals surface area contributed by atoms with Crippen LogP contribution in [0.3, 0.4) is 0 Å². The van der Waals surface area contributed by atoms with Gasteiger partial charge in [0.15, 0.2) is 0 Å². The van der Waals surface area contributed by atoms with Crippen LogP contribution in [0.5, 0.6) is 0 Å². The molecular weight excluding hydrogens is 386 g/mol. The number of halogens is 1. The van der Waals surface area contributed by atoms with Gasteiger partial charge in [0.2, 0.25) is 0 Å². The van der Waals surface area contributed by atoms with Crippen LogP contribution in [0, 0.1) is 6.92 Å². The second kappa shape index (κ2) is 8.76. The molecule has 0 unspecified atom stereocenters. The van der Waals surface area contributed by atoms with Gasteiger partial charge >= 0.3 is 0 Å². The topological polar surface area (TPSA) is 54.3 Å². The van der Waals surface area contributed by atoms with Gasteiger partial charge in [0, 0.05) is 38.9 Å². The normalized spacial score (nSPS) is 14.9. The lowest BCUT2D eigenvalue weighted by molar-refractivity contribution is 0.0626.